The summed E-state index contributed by atoms with van der Waals surface area (Å²) >= 11 is 1.50. The summed E-state index contributed by atoms with van der Waals surface area (Å²) in [4.78, 5) is 5.42. The molecule has 4 rings (SSSR count). The average molecular weight is 288 g/mol. The number of halogens is 1. The Morgan fingerprint density at radius 2 is 2.25 bits per heavy atom. The van der Waals surface area contributed by atoms with Gasteiger partial charge in [0.15, 0.2) is 0 Å². The topological polar surface area (TPSA) is 38.1 Å². The Bertz CT molecular complexity index is 760. The van der Waals surface area contributed by atoms with E-state index in [9.17, 15) is 4.39 Å². The summed E-state index contributed by atoms with van der Waals surface area (Å²) in [6, 6.07) is 7.44. The van der Waals surface area contributed by atoms with Gasteiger partial charge in [-0.3, -0.25) is 0 Å². The first-order chi connectivity index (χ1) is 9.78. The lowest BCUT2D eigenvalue weighted by Gasteiger charge is -1.95. The lowest BCUT2D eigenvalue weighted by Crippen LogP contribution is -2.15. The van der Waals surface area contributed by atoms with Crippen molar-refractivity contribution in [2.24, 2.45) is 0 Å². The van der Waals surface area contributed by atoms with Crippen LogP contribution in [0.2, 0.25) is 0 Å². The van der Waals surface area contributed by atoms with Crippen LogP contribution in [-0.2, 0) is 6.54 Å². The van der Waals surface area contributed by atoms with Crippen LogP contribution in [0.3, 0.4) is 0 Å². The van der Waals surface area contributed by atoms with Gasteiger partial charge in [0.05, 0.1) is 10.6 Å². The molecule has 5 heteroatoms. The molecule has 2 heterocycles. The number of fused-ring (bicyclic) bond motifs is 1. The first kappa shape index (κ1) is 12.1. The van der Waals surface area contributed by atoms with Crippen molar-refractivity contribution in [3.63, 3.8) is 0 Å². The van der Waals surface area contributed by atoms with E-state index in [1.54, 1.807) is 18.4 Å². The van der Waals surface area contributed by atoms with Gasteiger partial charge < -0.3 is 9.73 Å². The van der Waals surface area contributed by atoms with Gasteiger partial charge in [-0.15, -0.1) is 11.3 Å². The summed E-state index contributed by atoms with van der Waals surface area (Å²) in [6.07, 6.45) is 4.20. The second-order valence-corrected chi connectivity index (χ2v) is 6.18. The predicted octanol–water partition coefficient (Wildman–Crippen LogP) is 3.95. The molecule has 1 N–H and O–H groups in total. The Morgan fingerprint density at radius 3 is 3.10 bits per heavy atom. The smallest absolute Gasteiger partial charge is 0.236 e. The Labute approximate surface area is 119 Å². The van der Waals surface area contributed by atoms with E-state index < -0.39 is 0 Å². The van der Waals surface area contributed by atoms with Gasteiger partial charge >= 0.3 is 0 Å². The minimum atomic E-state index is -0.215. The molecule has 3 nitrogen and oxygen atoms in total. The van der Waals surface area contributed by atoms with E-state index >= 15 is 0 Å². The van der Waals surface area contributed by atoms with E-state index in [4.69, 9.17) is 4.42 Å². The molecule has 2 aromatic heterocycles. The number of oxazole rings is 1. The van der Waals surface area contributed by atoms with Gasteiger partial charge in [0.2, 0.25) is 5.89 Å². The van der Waals surface area contributed by atoms with E-state index in [-0.39, 0.29) is 5.82 Å². The maximum absolute atomic E-state index is 13.2. The molecule has 1 aliphatic carbocycles. The standard InChI is InChI=1S/C15H13FN2OS/c16-10-2-1-9-5-14(20-13(9)6-10)15-18-12(8-19-15)7-17-11-3-4-11/h1-2,5-6,8,11,17H,3-4,7H2. The number of hydrogen-bond acceptors (Lipinski definition) is 4. The van der Waals surface area contributed by atoms with Gasteiger partial charge in [-0.2, -0.15) is 0 Å². The lowest BCUT2D eigenvalue weighted by molar-refractivity contribution is 0.571. The molecule has 1 saturated carbocycles. The highest BCUT2D eigenvalue weighted by molar-refractivity contribution is 7.22. The fourth-order valence-electron chi connectivity index (χ4n) is 2.15. The van der Waals surface area contributed by atoms with Crippen LogP contribution in [0.15, 0.2) is 34.9 Å². The summed E-state index contributed by atoms with van der Waals surface area (Å²) in [5.74, 6) is 0.395. The lowest BCUT2D eigenvalue weighted by atomic mass is 10.2. The van der Waals surface area contributed by atoms with Crippen molar-refractivity contribution in [3.8, 4) is 10.8 Å². The van der Waals surface area contributed by atoms with Crippen LogP contribution in [0.25, 0.3) is 20.9 Å². The van der Waals surface area contributed by atoms with Crippen molar-refractivity contribution < 1.29 is 8.81 Å². The monoisotopic (exact) mass is 288 g/mol. The second-order valence-electron chi connectivity index (χ2n) is 5.09. The van der Waals surface area contributed by atoms with Crippen LogP contribution < -0.4 is 5.32 Å². The number of thiophene rings is 1. The molecule has 0 bridgehead atoms. The summed E-state index contributed by atoms with van der Waals surface area (Å²) < 4.78 is 19.6. The van der Waals surface area contributed by atoms with E-state index in [0.717, 1.165) is 27.2 Å². The van der Waals surface area contributed by atoms with Gasteiger partial charge in [-0.05, 0) is 36.4 Å². The maximum atomic E-state index is 13.2. The Balaban J connectivity index is 1.60. The molecule has 1 aromatic carbocycles. The molecular formula is C15H13FN2OS. The highest BCUT2D eigenvalue weighted by Gasteiger charge is 2.20. The molecule has 0 saturated heterocycles. The molecule has 1 aliphatic rings. The highest BCUT2D eigenvalue weighted by Crippen LogP contribution is 2.33. The second kappa shape index (κ2) is 4.68. The van der Waals surface area contributed by atoms with Crippen molar-refractivity contribution in [2.75, 3.05) is 0 Å². The highest BCUT2D eigenvalue weighted by atomic mass is 32.1. The Morgan fingerprint density at radius 1 is 1.35 bits per heavy atom. The summed E-state index contributed by atoms with van der Waals surface area (Å²) in [5, 5.41) is 4.42. The Hall–Kier alpha value is -1.72. The van der Waals surface area contributed by atoms with Crippen molar-refractivity contribution in [1.29, 1.82) is 0 Å². The van der Waals surface area contributed by atoms with Crippen LogP contribution in [0.4, 0.5) is 4.39 Å². The van der Waals surface area contributed by atoms with Crippen molar-refractivity contribution in [1.82, 2.24) is 10.3 Å². The predicted molar refractivity (Wildman–Crippen MR) is 77.1 cm³/mol. The fraction of sp³-hybridized carbons (Fsp3) is 0.267. The first-order valence-electron chi connectivity index (χ1n) is 6.65. The first-order valence-corrected chi connectivity index (χ1v) is 7.47. The van der Waals surface area contributed by atoms with Gasteiger partial charge in [0.25, 0.3) is 0 Å². The van der Waals surface area contributed by atoms with Crippen molar-refractivity contribution in [3.05, 3.63) is 42.0 Å². The minimum absolute atomic E-state index is 0.215. The number of hydrogen-bond donors (Lipinski definition) is 1. The number of aromatic nitrogens is 1. The van der Waals surface area contributed by atoms with Gasteiger partial charge in [0.1, 0.15) is 12.1 Å². The van der Waals surface area contributed by atoms with Crippen molar-refractivity contribution >= 4 is 21.4 Å². The number of nitrogens with one attached hydrogen (secondary N) is 1. The molecule has 1 fully saturated rings. The molecule has 0 radical (unpaired) electrons. The van der Waals surface area contributed by atoms with Crippen LogP contribution in [0.5, 0.6) is 0 Å². The zero-order valence-corrected chi connectivity index (χ0v) is 11.5. The maximum Gasteiger partial charge on any atom is 0.236 e. The number of benzene rings is 1. The molecular weight excluding hydrogens is 275 g/mol. The molecule has 20 heavy (non-hydrogen) atoms. The third kappa shape index (κ3) is 2.34. The Kier molecular flexibility index (Phi) is 2.82. The van der Waals surface area contributed by atoms with Crippen LogP contribution in [0.1, 0.15) is 18.5 Å². The van der Waals surface area contributed by atoms with Gasteiger partial charge in [-0.1, -0.05) is 6.07 Å². The molecule has 3 aromatic rings. The minimum Gasteiger partial charge on any atom is -0.444 e. The molecule has 102 valence electrons. The molecule has 0 aliphatic heterocycles. The molecule has 0 unspecified atom stereocenters. The summed E-state index contributed by atoms with van der Waals surface area (Å²) in [6.45, 7) is 0.744. The summed E-state index contributed by atoms with van der Waals surface area (Å²) in [7, 11) is 0. The molecule has 0 atom stereocenters. The van der Waals surface area contributed by atoms with Gasteiger partial charge in [-0.25, -0.2) is 9.37 Å². The average Bonchev–Trinajstić information content (AvgIpc) is 2.99. The molecule has 0 spiro atoms. The van der Waals surface area contributed by atoms with E-state index in [1.807, 2.05) is 6.07 Å². The zero-order chi connectivity index (χ0) is 13.5. The quantitative estimate of drug-likeness (QED) is 0.790. The van der Waals surface area contributed by atoms with Crippen molar-refractivity contribution in [2.45, 2.75) is 25.4 Å². The SMILES string of the molecule is Fc1ccc2cc(-c3nc(CNC4CC4)co3)sc2c1. The number of nitrogens with zero attached hydrogens (tertiary/aromatic N) is 1. The van der Waals surface area contributed by atoms with E-state index in [1.165, 1.54) is 30.2 Å². The zero-order valence-electron chi connectivity index (χ0n) is 10.7. The third-order valence-corrected chi connectivity index (χ3v) is 4.48. The fourth-order valence-corrected chi connectivity index (χ4v) is 3.17. The van der Waals surface area contributed by atoms with Crippen LogP contribution >= 0.6 is 11.3 Å². The van der Waals surface area contributed by atoms with E-state index in [2.05, 4.69) is 10.3 Å². The third-order valence-electron chi connectivity index (χ3n) is 3.39. The normalized spacial score (nSPS) is 15.1. The van der Waals surface area contributed by atoms with Gasteiger partial charge in [0, 0.05) is 17.3 Å². The van der Waals surface area contributed by atoms with Crippen LogP contribution in [-0.4, -0.2) is 11.0 Å². The summed E-state index contributed by atoms with van der Waals surface area (Å²) in [5.41, 5.74) is 0.913. The number of rotatable bonds is 4. The van der Waals surface area contributed by atoms with Crippen LogP contribution in [0, 0.1) is 5.82 Å². The molecule has 0 amide bonds. The van der Waals surface area contributed by atoms with E-state index in [0.29, 0.717) is 11.9 Å². The largest absolute Gasteiger partial charge is 0.444 e.